The molecule has 2 saturated heterocycles. The number of hydrogen-bond acceptors (Lipinski definition) is 7. The number of thiophene rings is 1. The fourth-order valence-electron chi connectivity index (χ4n) is 4.62. The van der Waals surface area contributed by atoms with Gasteiger partial charge in [0, 0.05) is 31.6 Å². The minimum atomic E-state index is -0.530. The monoisotopic (exact) mass is 474 g/mol. The van der Waals surface area contributed by atoms with Gasteiger partial charge in [-0.3, -0.25) is 14.9 Å². The van der Waals surface area contributed by atoms with Crippen molar-refractivity contribution in [2.45, 2.75) is 19.3 Å². The van der Waals surface area contributed by atoms with Crippen LogP contribution < -0.4 is 14.8 Å². The normalized spacial score (nSPS) is 17.2. The quantitative estimate of drug-likeness (QED) is 0.520. The van der Waals surface area contributed by atoms with Crippen molar-refractivity contribution in [1.29, 1.82) is 0 Å². The Bertz CT molecular complexity index is 1060. The molecule has 3 heterocycles. The van der Waals surface area contributed by atoms with E-state index in [2.05, 4.69) is 5.32 Å². The number of hydrogen-bond donors (Lipinski definition) is 1. The first-order valence-corrected chi connectivity index (χ1v) is 11.5. The van der Waals surface area contributed by atoms with Crippen molar-refractivity contribution in [3.63, 3.8) is 0 Å². The summed E-state index contributed by atoms with van der Waals surface area (Å²) in [5.74, 6) is 0.386. The van der Waals surface area contributed by atoms with Gasteiger partial charge < -0.3 is 24.6 Å². The van der Waals surface area contributed by atoms with Crippen molar-refractivity contribution in [1.82, 2.24) is 9.80 Å². The summed E-state index contributed by atoms with van der Waals surface area (Å²) >= 11 is 0.898. The van der Waals surface area contributed by atoms with Gasteiger partial charge in [-0.05, 0) is 36.8 Å². The number of nitrogens with one attached hydrogen (secondary N) is 1. The first kappa shape index (κ1) is 22.8. The van der Waals surface area contributed by atoms with Crippen LogP contribution in [0.15, 0.2) is 29.6 Å². The lowest BCUT2D eigenvalue weighted by atomic mass is 9.78. The number of piperidine rings is 1. The average molecular weight is 475 g/mol. The van der Waals surface area contributed by atoms with Crippen LogP contribution in [0.3, 0.4) is 0 Å². The maximum absolute atomic E-state index is 13.1. The molecule has 1 spiro atoms. The zero-order valence-corrected chi connectivity index (χ0v) is 19.4. The highest BCUT2D eigenvalue weighted by atomic mass is 32.1. The summed E-state index contributed by atoms with van der Waals surface area (Å²) in [5, 5.41) is 15.4. The highest BCUT2D eigenvalue weighted by Gasteiger charge is 2.44. The number of benzene rings is 1. The molecule has 10 nitrogen and oxygen atoms in total. The van der Waals surface area contributed by atoms with E-state index in [1.807, 2.05) is 12.1 Å². The van der Waals surface area contributed by atoms with E-state index in [0.29, 0.717) is 37.6 Å². The van der Waals surface area contributed by atoms with E-state index in [4.69, 9.17) is 9.47 Å². The van der Waals surface area contributed by atoms with Crippen LogP contribution >= 0.6 is 11.3 Å². The van der Waals surface area contributed by atoms with E-state index in [-0.39, 0.29) is 33.7 Å². The predicted octanol–water partition coefficient (Wildman–Crippen LogP) is 3.83. The molecule has 11 heteroatoms. The molecule has 0 aliphatic carbocycles. The van der Waals surface area contributed by atoms with E-state index in [1.165, 1.54) is 12.5 Å². The Hall–Kier alpha value is -3.34. The maximum Gasteiger partial charge on any atom is 0.366 e. The lowest BCUT2D eigenvalue weighted by Gasteiger charge is -2.39. The van der Waals surface area contributed by atoms with Gasteiger partial charge in [0.25, 0.3) is 5.91 Å². The van der Waals surface area contributed by atoms with Crippen LogP contribution in [0.4, 0.5) is 15.5 Å². The number of likely N-dealkylation sites (tertiary alicyclic amines) is 2. The van der Waals surface area contributed by atoms with Crippen molar-refractivity contribution in [2.75, 3.05) is 45.7 Å². The van der Waals surface area contributed by atoms with Gasteiger partial charge in [-0.25, -0.2) is 4.79 Å². The summed E-state index contributed by atoms with van der Waals surface area (Å²) in [5.41, 5.74) is 0.813. The highest BCUT2D eigenvalue weighted by molar-refractivity contribution is 7.14. The van der Waals surface area contributed by atoms with E-state index in [1.54, 1.807) is 29.0 Å². The highest BCUT2D eigenvalue weighted by Crippen LogP contribution is 2.43. The molecule has 2 aliphatic rings. The third-order valence-corrected chi connectivity index (χ3v) is 7.42. The Morgan fingerprint density at radius 1 is 1.09 bits per heavy atom. The summed E-state index contributed by atoms with van der Waals surface area (Å²) in [6.07, 6.45) is 2.42. The largest absolute Gasteiger partial charge is 0.495 e. The summed E-state index contributed by atoms with van der Waals surface area (Å²) in [4.78, 5) is 40.0. The Morgan fingerprint density at radius 2 is 1.76 bits per heavy atom. The van der Waals surface area contributed by atoms with Crippen LogP contribution in [0.1, 0.15) is 29.6 Å². The van der Waals surface area contributed by atoms with Crippen molar-refractivity contribution in [3.8, 4) is 11.5 Å². The molecule has 0 radical (unpaired) electrons. The molecule has 1 aromatic heterocycles. The molecule has 2 aromatic rings. The second-order valence-corrected chi connectivity index (χ2v) is 9.20. The van der Waals surface area contributed by atoms with Gasteiger partial charge >= 0.3 is 11.0 Å². The fraction of sp³-hybridized carbons (Fsp3) is 0.455. The smallest absolute Gasteiger partial charge is 0.366 e. The Balaban J connectivity index is 1.37. The zero-order valence-electron chi connectivity index (χ0n) is 18.5. The van der Waals surface area contributed by atoms with Gasteiger partial charge in [0.1, 0.15) is 5.75 Å². The number of methoxy groups -OCH3 is 2. The molecule has 1 aromatic carbocycles. The number of carbonyl (C=O) groups excluding carboxylic acids is 2. The number of carbonyl (C=O) groups is 2. The number of urea groups is 1. The molecule has 0 atom stereocenters. The molecule has 0 bridgehead atoms. The SMILES string of the molecule is COc1ccccc1NC(=O)N1CCC2(CC1)CCN(C(=O)c1csc([N+](=O)[O-])c1OC)C2. The van der Waals surface area contributed by atoms with E-state index in [0.717, 1.165) is 30.6 Å². The Labute approximate surface area is 195 Å². The molecule has 176 valence electrons. The molecular weight excluding hydrogens is 448 g/mol. The van der Waals surface area contributed by atoms with E-state index >= 15 is 0 Å². The molecular formula is C22H26N4O6S. The van der Waals surface area contributed by atoms with Crippen LogP contribution in [0.25, 0.3) is 0 Å². The van der Waals surface area contributed by atoms with Crippen molar-refractivity contribution in [3.05, 3.63) is 45.3 Å². The van der Waals surface area contributed by atoms with Gasteiger partial charge in [-0.1, -0.05) is 23.5 Å². The second kappa shape index (κ2) is 9.26. The standard InChI is InChI=1S/C22H26N4O6S/c1-31-17-6-4-3-5-16(17)23-21(28)24-10-7-22(8-11-24)9-12-25(14-22)19(27)15-13-33-20(26(29)30)18(15)32-2/h3-6,13H,7-12,14H2,1-2H3,(H,23,28). The fourth-order valence-corrected chi connectivity index (χ4v) is 5.44. The van der Waals surface area contributed by atoms with E-state index in [9.17, 15) is 19.7 Å². The summed E-state index contributed by atoms with van der Waals surface area (Å²) < 4.78 is 10.5. The lowest BCUT2D eigenvalue weighted by molar-refractivity contribution is -0.381. The number of anilines is 1. The van der Waals surface area contributed by atoms with Gasteiger partial charge in [0.2, 0.25) is 5.75 Å². The molecule has 33 heavy (non-hydrogen) atoms. The summed E-state index contributed by atoms with van der Waals surface area (Å²) in [6.45, 7) is 2.34. The predicted molar refractivity (Wildman–Crippen MR) is 123 cm³/mol. The average Bonchev–Trinajstić information content (AvgIpc) is 3.44. The van der Waals surface area contributed by atoms with Crippen LogP contribution in [-0.4, -0.2) is 67.1 Å². The first-order chi connectivity index (χ1) is 15.9. The third kappa shape index (κ3) is 4.45. The minimum Gasteiger partial charge on any atom is -0.495 e. The Kier molecular flexibility index (Phi) is 6.41. The van der Waals surface area contributed by atoms with Gasteiger partial charge in [-0.2, -0.15) is 0 Å². The number of nitro groups is 1. The number of para-hydroxylation sites is 2. The summed E-state index contributed by atoms with van der Waals surface area (Å²) in [7, 11) is 2.90. The summed E-state index contributed by atoms with van der Waals surface area (Å²) in [6, 6.07) is 7.10. The number of rotatable bonds is 5. The number of amides is 3. The van der Waals surface area contributed by atoms with Gasteiger partial charge in [-0.15, -0.1) is 0 Å². The van der Waals surface area contributed by atoms with Crippen LogP contribution in [-0.2, 0) is 0 Å². The lowest BCUT2D eigenvalue weighted by Crippen LogP contribution is -2.46. The van der Waals surface area contributed by atoms with Crippen LogP contribution in [0.2, 0.25) is 0 Å². The van der Waals surface area contributed by atoms with Crippen molar-refractivity contribution < 1.29 is 24.0 Å². The molecule has 2 aliphatic heterocycles. The molecule has 3 amide bonds. The molecule has 1 N–H and O–H groups in total. The third-order valence-electron chi connectivity index (χ3n) is 6.51. The van der Waals surface area contributed by atoms with Crippen LogP contribution in [0, 0.1) is 15.5 Å². The Morgan fingerprint density at radius 3 is 2.39 bits per heavy atom. The van der Waals surface area contributed by atoms with Crippen molar-refractivity contribution in [2.24, 2.45) is 5.41 Å². The second-order valence-electron chi connectivity index (χ2n) is 8.34. The van der Waals surface area contributed by atoms with Gasteiger partial charge in [0.05, 0.1) is 30.4 Å². The number of ether oxygens (including phenoxy) is 2. The molecule has 0 saturated carbocycles. The van der Waals surface area contributed by atoms with Gasteiger partial charge in [0.15, 0.2) is 0 Å². The molecule has 0 unspecified atom stereocenters. The maximum atomic E-state index is 13.1. The van der Waals surface area contributed by atoms with E-state index < -0.39 is 4.92 Å². The topological polar surface area (TPSA) is 114 Å². The minimum absolute atomic E-state index is 0.0266. The number of nitrogens with zero attached hydrogens (tertiary/aromatic N) is 3. The first-order valence-electron chi connectivity index (χ1n) is 10.7. The van der Waals surface area contributed by atoms with Crippen molar-refractivity contribution >= 4 is 34.0 Å². The molecule has 4 rings (SSSR count). The van der Waals surface area contributed by atoms with Crippen LogP contribution in [0.5, 0.6) is 11.5 Å². The zero-order chi connectivity index (χ0) is 23.6. The molecule has 2 fully saturated rings.